The third-order valence-corrected chi connectivity index (χ3v) is 3.66. The first-order chi connectivity index (χ1) is 12.7. The number of hydrogen-bond donors (Lipinski definition) is 1. The Morgan fingerprint density at radius 1 is 1.00 bits per heavy atom. The van der Waals surface area contributed by atoms with Crippen LogP contribution < -0.4 is 24.3 Å². The number of benzene rings is 1. The molecule has 0 saturated heterocycles. The Morgan fingerprint density at radius 2 is 1.77 bits per heavy atom. The predicted molar refractivity (Wildman–Crippen MR) is 101 cm³/mol. The van der Waals surface area contributed by atoms with E-state index in [0.29, 0.717) is 42.0 Å². The second-order valence-corrected chi connectivity index (χ2v) is 5.62. The predicted octanol–water partition coefficient (Wildman–Crippen LogP) is 3.47. The number of ether oxygens (including phenoxy) is 4. The Bertz CT molecular complexity index is 694. The van der Waals surface area contributed by atoms with Gasteiger partial charge in [0, 0.05) is 12.6 Å². The summed E-state index contributed by atoms with van der Waals surface area (Å²) in [6, 6.07) is 5.41. The molecule has 0 aliphatic rings. The summed E-state index contributed by atoms with van der Waals surface area (Å²) in [5.74, 6) is 4.03. The van der Waals surface area contributed by atoms with Crippen molar-refractivity contribution in [3.05, 3.63) is 30.2 Å². The molecular weight excluding hydrogens is 334 g/mol. The van der Waals surface area contributed by atoms with Gasteiger partial charge in [-0.25, -0.2) is 9.97 Å². The fourth-order valence-electron chi connectivity index (χ4n) is 2.29. The second-order valence-electron chi connectivity index (χ2n) is 5.62. The molecule has 0 aliphatic heterocycles. The largest absolute Gasteiger partial charge is 0.493 e. The number of hydrogen-bond acceptors (Lipinski definition) is 7. The number of aryl methyl sites for hydroxylation is 1. The fourth-order valence-corrected chi connectivity index (χ4v) is 2.29. The number of methoxy groups -OCH3 is 2. The molecule has 7 heteroatoms. The van der Waals surface area contributed by atoms with Gasteiger partial charge in [0.25, 0.3) is 0 Å². The van der Waals surface area contributed by atoms with Crippen molar-refractivity contribution in [1.29, 1.82) is 0 Å². The van der Waals surface area contributed by atoms with Crippen molar-refractivity contribution >= 4 is 5.82 Å². The minimum atomic E-state index is 0.378. The second kappa shape index (κ2) is 10.3. The van der Waals surface area contributed by atoms with Crippen LogP contribution in [0.15, 0.2) is 24.4 Å². The zero-order valence-corrected chi connectivity index (χ0v) is 15.9. The number of rotatable bonds is 11. The van der Waals surface area contributed by atoms with Gasteiger partial charge in [-0.05, 0) is 25.5 Å². The van der Waals surface area contributed by atoms with Gasteiger partial charge in [0.15, 0.2) is 23.1 Å². The van der Waals surface area contributed by atoms with Crippen molar-refractivity contribution in [1.82, 2.24) is 9.97 Å². The highest BCUT2D eigenvalue weighted by Gasteiger charge is 2.08. The molecule has 0 fully saturated rings. The molecule has 1 N–H and O–H groups in total. The molecule has 1 heterocycles. The van der Waals surface area contributed by atoms with Gasteiger partial charge in [0.2, 0.25) is 0 Å². The van der Waals surface area contributed by atoms with Gasteiger partial charge < -0.3 is 24.3 Å². The maximum Gasteiger partial charge on any atom is 0.180 e. The van der Waals surface area contributed by atoms with Crippen LogP contribution in [-0.2, 0) is 0 Å². The molecule has 2 aromatic rings. The van der Waals surface area contributed by atoms with E-state index in [0.717, 1.165) is 25.2 Å². The van der Waals surface area contributed by atoms with E-state index in [2.05, 4.69) is 22.2 Å². The maximum absolute atomic E-state index is 5.78. The van der Waals surface area contributed by atoms with E-state index in [-0.39, 0.29) is 0 Å². The molecule has 0 amide bonds. The molecule has 7 nitrogen and oxygen atoms in total. The van der Waals surface area contributed by atoms with Crippen LogP contribution in [0.4, 0.5) is 5.82 Å². The van der Waals surface area contributed by atoms with Gasteiger partial charge in [0.1, 0.15) is 24.8 Å². The molecule has 1 aromatic heterocycles. The Labute approximate surface area is 154 Å². The number of aromatic nitrogens is 2. The first-order valence-corrected chi connectivity index (χ1v) is 8.73. The Hall–Kier alpha value is -2.70. The lowest BCUT2D eigenvalue weighted by molar-refractivity contribution is 0.216. The molecule has 0 radical (unpaired) electrons. The van der Waals surface area contributed by atoms with Crippen LogP contribution in [0.2, 0.25) is 0 Å². The average Bonchev–Trinajstić information content (AvgIpc) is 2.66. The van der Waals surface area contributed by atoms with E-state index < -0.39 is 0 Å². The monoisotopic (exact) mass is 361 g/mol. The molecule has 0 aliphatic carbocycles. The van der Waals surface area contributed by atoms with Crippen molar-refractivity contribution in [2.45, 2.75) is 26.7 Å². The first kappa shape index (κ1) is 19.6. The van der Waals surface area contributed by atoms with E-state index in [9.17, 15) is 0 Å². The Balaban J connectivity index is 1.88. The molecular formula is C19H27N3O4. The van der Waals surface area contributed by atoms with E-state index in [1.165, 1.54) is 0 Å². The van der Waals surface area contributed by atoms with Crippen LogP contribution in [0.1, 0.15) is 25.6 Å². The molecule has 0 bridgehead atoms. The fraction of sp³-hybridized carbons (Fsp3) is 0.474. The van der Waals surface area contributed by atoms with Crippen LogP contribution >= 0.6 is 0 Å². The average molecular weight is 361 g/mol. The van der Waals surface area contributed by atoms with E-state index >= 15 is 0 Å². The lowest BCUT2D eigenvalue weighted by Crippen LogP contribution is -2.12. The van der Waals surface area contributed by atoms with Crippen molar-refractivity contribution in [2.24, 2.45) is 0 Å². The summed E-state index contributed by atoms with van der Waals surface area (Å²) in [5, 5.41) is 3.29. The van der Waals surface area contributed by atoms with Gasteiger partial charge in [-0.15, -0.1) is 0 Å². The molecule has 0 saturated carbocycles. The summed E-state index contributed by atoms with van der Waals surface area (Å²) >= 11 is 0. The quantitative estimate of drug-likeness (QED) is 0.614. The van der Waals surface area contributed by atoms with Crippen molar-refractivity contribution in [3.63, 3.8) is 0 Å². The minimum Gasteiger partial charge on any atom is -0.493 e. The van der Waals surface area contributed by atoms with Crippen molar-refractivity contribution in [3.8, 4) is 23.0 Å². The highest BCUT2D eigenvalue weighted by Crippen LogP contribution is 2.30. The van der Waals surface area contributed by atoms with E-state index in [1.807, 2.05) is 13.0 Å². The molecule has 2 rings (SSSR count). The molecule has 1 aromatic carbocycles. The zero-order valence-electron chi connectivity index (χ0n) is 15.9. The zero-order chi connectivity index (χ0) is 18.8. The summed E-state index contributed by atoms with van der Waals surface area (Å²) < 4.78 is 22.0. The topological polar surface area (TPSA) is 74.7 Å². The number of nitrogens with zero attached hydrogens (tertiary/aromatic N) is 2. The Morgan fingerprint density at radius 3 is 2.50 bits per heavy atom. The van der Waals surface area contributed by atoms with E-state index in [4.69, 9.17) is 18.9 Å². The molecule has 142 valence electrons. The number of anilines is 1. The Kier molecular flexibility index (Phi) is 7.79. The van der Waals surface area contributed by atoms with Gasteiger partial charge in [-0.2, -0.15) is 0 Å². The maximum atomic E-state index is 5.78. The summed E-state index contributed by atoms with van der Waals surface area (Å²) in [6.07, 6.45) is 3.88. The molecule has 0 spiro atoms. The molecule has 0 atom stereocenters. The SMILES string of the molecule is CCCCNc1nc(C)ncc1OCCOc1ccc(OC)c(OC)c1. The summed E-state index contributed by atoms with van der Waals surface area (Å²) in [4.78, 5) is 8.60. The third-order valence-electron chi connectivity index (χ3n) is 3.66. The lowest BCUT2D eigenvalue weighted by Gasteiger charge is -2.13. The minimum absolute atomic E-state index is 0.378. The third kappa shape index (κ3) is 5.68. The van der Waals surface area contributed by atoms with Gasteiger partial charge in [0.05, 0.1) is 20.4 Å². The number of unbranched alkanes of at least 4 members (excludes halogenated alkanes) is 1. The van der Waals surface area contributed by atoms with Gasteiger partial charge >= 0.3 is 0 Å². The molecule has 0 unspecified atom stereocenters. The van der Waals surface area contributed by atoms with Crippen molar-refractivity contribution < 1.29 is 18.9 Å². The first-order valence-electron chi connectivity index (χ1n) is 8.73. The standard InChI is InChI=1S/C19H27N3O4/c1-5-6-9-20-19-18(13-21-14(2)22-19)26-11-10-25-15-7-8-16(23-3)17(12-15)24-4/h7-8,12-13H,5-6,9-11H2,1-4H3,(H,20,21,22). The van der Waals surface area contributed by atoms with Gasteiger partial charge in [-0.3, -0.25) is 0 Å². The van der Waals surface area contributed by atoms with Crippen LogP contribution in [0.5, 0.6) is 23.0 Å². The van der Waals surface area contributed by atoms with Gasteiger partial charge in [-0.1, -0.05) is 13.3 Å². The normalized spacial score (nSPS) is 10.3. The van der Waals surface area contributed by atoms with E-state index in [1.54, 1.807) is 32.5 Å². The lowest BCUT2D eigenvalue weighted by atomic mass is 10.3. The summed E-state index contributed by atoms with van der Waals surface area (Å²) in [7, 11) is 3.19. The van der Waals surface area contributed by atoms with Crippen molar-refractivity contribution in [2.75, 3.05) is 39.3 Å². The molecule has 26 heavy (non-hydrogen) atoms. The smallest absolute Gasteiger partial charge is 0.180 e. The highest BCUT2D eigenvalue weighted by atomic mass is 16.5. The summed E-state index contributed by atoms with van der Waals surface area (Å²) in [6.45, 7) is 5.62. The van der Waals surface area contributed by atoms with Crippen LogP contribution in [0, 0.1) is 6.92 Å². The number of nitrogens with one attached hydrogen (secondary N) is 1. The van der Waals surface area contributed by atoms with Crippen LogP contribution in [0.25, 0.3) is 0 Å². The summed E-state index contributed by atoms with van der Waals surface area (Å²) in [5.41, 5.74) is 0. The highest BCUT2D eigenvalue weighted by molar-refractivity contribution is 5.48. The van der Waals surface area contributed by atoms with Crippen LogP contribution in [-0.4, -0.2) is 43.9 Å². The van der Waals surface area contributed by atoms with Crippen LogP contribution in [0.3, 0.4) is 0 Å².